The van der Waals surface area contributed by atoms with Gasteiger partial charge in [0.1, 0.15) is 0 Å². The molecule has 5 aliphatic rings. The maximum atomic E-state index is 12.0. The van der Waals surface area contributed by atoms with Crippen LogP contribution < -0.4 is 0 Å². The predicted octanol–water partition coefficient (Wildman–Crippen LogP) is 6.25. The second-order valence-corrected chi connectivity index (χ2v) is 15.5. The predicted molar refractivity (Wildman–Crippen MR) is 134 cm³/mol. The molecule has 0 aromatic heterocycles. The molecular weight excluding hydrogens is 408 g/mol. The molecule has 0 heterocycles. The van der Waals surface area contributed by atoms with Gasteiger partial charge < -0.3 is 15.3 Å². The van der Waals surface area contributed by atoms with Gasteiger partial charge in [-0.15, -0.1) is 0 Å². The van der Waals surface area contributed by atoms with Gasteiger partial charge >= 0.3 is 0 Å². The number of aliphatic hydroxyl groups excluding tert-OH is 3. The monoisotopic (exact) mass is 458 g/mol. The topological polar surface area (TPSA) is 60.7 Å². The lowest BCUT2D eigenvalue weighted by Gasteiger charge is -2.72. The number of fused-ring (bicyclic) bond motifs is 6. The van der Waals surface area contributed by atoms with Crippen LogP contribution in [0.3, 0.4) is 0 Å². The Morgan fingerprint density at radius 2 is 1.36 bits per heavy atom. The maximum absolute atomic E-state index is 12.0. The number of hydrogen-bond acceptors (Lipinski definition) is 3. The summed E-state index contributed by atoms with van der Waals surface area (Å²) >= 11 is 0. The van der Waals surface area contributed by atoms with E-state index in [1.54, 1.807) is 11.1 Å². The Morgan fingerprint density at radius 3 is 2.03 bits per heavy atom. The van der Waals surface area contributed by atoms with Crippen molar-refractivity contribution in [3.05, 3.63) is 11.1 Å². The van der Waals surface area contributed by atoms with Gasteiger partial charge in [-0.25, -0.2) is 0 Å². The molecule has 9 atom stereocenters. The first-order chi connectivity index (χ1) is 15.0. The Labute approximate surface area is 202 Å². The zero-order valence-corrected chi connectivity index (χ0v) is 22.6. The summed E-state index contributed by atoms with van der Waals surface area (Å²) < 4.78 is 0. The van der Waals surface area contributed by atoms with Crippen LogP contribution >= 0.6 is 0 Å². The Hall–Kier alpha value is -0.380. The highest BCUT2D eigenvalue weighted by molar-refractivity contribution is 5.39. The van der Waals surface area contributed by atoms with E-state index in [9.17, 15) is 15.3 Å². The lowest BCUT2D eigenvalue weighted by Crippen LogP contribution is -2.69. The smallest absolute Gasteiger partial charge is 0.0852 e. The van der Waals surface area contributed by atoms with Crippen molar-refractivity contribution in [1.82, 2.24) is 0 Å². The molecule has 188 valence electrons. The largest absolute Gasteiger partial charge is 0.392 e. The van der Waals surface area contributed by atoms with Crippen molar-refractivity contribution in [2.24, 2.45) is 44.3 Å². The van der Waals surface area contributed by atoms with Crippen molar-refractivity contribution < 1.29 is 15.3 Å². The Bertz CT molecular complexity index is 872. The second-order valence-electron chi connectivity index (χ2n) is 15.5. The molecule has 0 aromatic rings. The van der Waals surface area contributed by atoms with E-state index in [1.807, 2.05) is 0 Å². The zero-order chi connectivity index (χ0) is 24.4. The summed E-state index contributed by atoms with van der Waals surface area (Å²) in [6.45, 7) is 19.0. The molecule has 5 rings (SSSR count). The molecule has 0 amide bonds. The van der Waals surface area contributed by atoms with Gasteiger partial charge in [-0.3, -0.25) is 0 Å². The third kappa shape index (κ3) is 2.97. The number of allylic oxidation sites excluding steroid dienone is 1. The Balaban J connectivity index is 1.64. The molecule has 33 heavy (non-hydrogen) atoms. The van der Waals surface area contributed by atoms with Crippen molar-refractivity contribution in [1.29, 1.82) is 0 Å². The highest BCUT2D eigenvalue weighted by Crippen LogP contribution is 2.75. The van der Waals surface area contributed by atoms with E-state index in [0.29, 0.717) is 23.2 Å². The average molecular weight is 459 g/mol. The third-order valence-corrected chi connectivity index (χ3v) is 12.8. The standard InChI is InChI=1S/C30H50O3/c1-25(2)11-12-27(5)13-14-29(7)18(19(27)16-25)15-20(31)23-28(6)17-21(32)24(33)26(3,4)22(28)9-10-30(23,29)8/h20-24,31-33H,9-17H2,1-8H3/t20-,21-,22+,23-,24+,27-,28+,29-,30-/m1/s1. The normalized spacial score (nSPS) is 55.2. The van der Waals surface area contributed by atoms with Crippen molar-refractivity contribution >= 4 is 0 Å². The van der Waals surface area contributed by atoms with Crippen LogP contribution in [0.15, 0.2) is 11.1 Å². The van der Waals surface area contributed by atoms with Crippen LogP contribution in [0.5, 0.6) is 0 Å². The first-order valence-electron chi connectivity index (χ1n) is 13.8. The van der Waals surface area contributed by atoms with Crippen LogP contribution in [0.25, 0.3) is 0 Å². The lowest BCUT2D eigenvalue weighted by atomic mass is 9.33. The van der Waals surface area contributed by atoms with Crippen LogP contribution in [-0.2, 0) is 0 Å². The summed E-state index contributed by atoms with van der Waals surface area (Å²) in [6, 6.07) is 0. The highest BCUT2D eigenvalue weighted by atomic mass is 16.3. The van der Waals surface area contributed by atoms with Crippen molar-refractivity contribution in [3.63, 3.8) is 0 Å². The molecule has 0 spiro atoms. The van der Waals surface area contributed by atoms with E-state index in [1.165, 1.54) is 32.1 Å². The van der Waals surface area contributed by atoms with Crippen LogP contribution in [0, 0.1) is 44.3 Å². The molecule has 3 N–H and O–H groups in total. The molecule has 0 aromatic carbocycles. The van der Waals surface area contributed by atoms with Gasteiger partial charge in [0.25, 0.3) is 0 Å². The SMILES string of the molecule is CC1(C)CC[C@]2(C)CC[C@]3(C)C(=C2C1)C[C@@H](O)[C@@H]1[C@@]2(C)C[C@@H](O)[C@H](O)C(C)(C)[C@@H]2CC[C@]13C. The fourth-order valence-corrected chi connectivity index (χ4v) is 10.7. The highest BCUT2D eigenvalue weighted by Gasteiger charge is 2.70. The molecule has 4 fully saturated rings. The molecule has 3 nitrogen and oxygen atoms in total. The summed E-state index contributed by atoms with van der Waals surface area (Å²) in [5.41, 5.74) is 3.57. The van der Waals surface area contributed by atoms with Gasteiger partial charge in [-0.05, 0) is 102 Å². The van der Waals surface area contributed by atoms with E-state index in [2.05, 4.69) is 55.4 Å². The van der Waals surface area contributed by atoms with Crippen molar-refractivity contribution in [3.8, 4) is 0 Å². The summed E-state index contributed by atoms with van der Waals surface area (Å²) in [6.07, 6.45) is 8.07. The first-order valence-corrected chi connectivity index (χ1v) is 13.8. The number of rotatable bonds is 0. The molecule has 0 saturated heterocycles. The average Bonchev–Trinajstić information content (AvgIpc) is 2.69. The minimum Gasteiger partial charge on any atom is -0.392 e. The summed E-state index contributed by atoms with van der Waals surface area (Å²) in [5.74, 6) is 0.469. The molecule has 3 heteroatoms. The minimum atomic E-state index is -0.711. The van der Waals surface area contributed by atoms with Gasteiger partial charge in [0.2, 0.25) is 0 Å². The maximum Gasteiger partial charge on any atom is 0.0852 e. The molecular formula is C30H50O3. The second kappa shape index (κ2) is 6.88. The van der Waals surface area contributed by atoms with E-state index in [-0.39, 0.29) is 33.7 Å². The molecule has 0 bridgehead atoms. The number of aliphatic hydroxyl groups is 3. The van der Waals surface area contributed by atoms with Gasteiger partial charge in [0.05, 0.1) is 18.3 Å². The van der Waals surface area contributed by atoms with Gasteiger partial charge in [0, 0.05) is 0 Å². The Morgan fingerprint density at radius 1 is 0.727 bits per heavy atom. The van der Waals surface area contributed by atoms with Crippen LogP contribution in [0.4, 0.5) is 0 Å². The van der Waals surface area contributed by atoms with E-state index >= 15 is 0 Å². The van der Waals surface area contributed by atoms with Crippen LogP contribution in [0.1, 0.15) is 113 Å². The zero-order valence-electron chi connectivity index (χ0n) is 22.6. The summed E-state index contributed by atoms with van der Waals surface area (Å²) in [7, 11) is 0. The summed E-state index contributed by atoms with van der Waals surface area (Å²) in [5, 5.41) is 33.9. The molecule has 4 saturated carbocycles. The van der Waals surface area contributed by atoms with Gasteiger partial charge in [-0.1, -0.05) is 66.5 Å². The lowest BCUT2D eigenvalue weighted by molar-refractivity contribution is -0.253. The van der Waals surface area contributed by atoms with E-state index in [4.69, 9.17) is 0 Å². The molecule has 5 aliphatic carbocycles. The van der Waals surface area contributed by atoms with E-state index < -0.39 is 12.2 Å². The quantitative estimate of drug-likeness (QED) is 0.376. The molecule has 0 unspecified atom stereocenters. The van der Waals surface area contributed by atoms with E-state index in [0.717, 1.165) is 19.3 Å². The Kier molecular flexibility index (Phi) is 5.07. The van der Waals surface area contributed by atoms with Crippen molar-refractivity contribution in [2.75, 3.05) is 0 Å². The number of hydrogen-bond donors (Lipinski definition) is 3. The molecule has 0 radical (unpaired) electrons. The summed E-state index contributed by atoms with van der Waals surface area (Å²) in [4.78, 5) is 0. The molecule has 0 aliphatic heterocycles. The first kappa shape index (κ1) is 24.3. The van der Waals surface area contributed by atoms with Gasteiger partial charge in [-0.2, -0.15) is 0 Å². The minimum absolute atomic E-state index is 0.0132. The third-order valence-electron chi connectivity index (χ3n) is 12.8. The van der Waals surface area contributed by atoms with Crippen LogP contribution in [-0.4, -0.2) is 33.6 Å². The fourth-order valence-electron chi connectivity index (χ4n) is 10.7. The fraction of sp³-hybridized carbons (Fsp3) is 0.933. The van der Waals surface area contributed by atoms with Crippen LogP contribution in [0.2, 0.25) is 0 Å². The van der Waals surface area contributed by atoms with Crippen molar-refractivity contribution in [2.45, 2.75) is 131 Å². The van der Waals surface area contributed by atoms with Gasteiger partial charge in [0.15, 0.2) is 0 Å².